The lowest BCUT2D eigenvalue weighted by atomic mass is 9.33. The lowest BCUT2D eigenvalue weighted by Crippen LogP contribution is -2.61. The number of hydrogen-bond donors (Lipinski definition) is 0. The fraction of sp³-hybridized carbons (Fsp3) is 0. The summed E-state index contributed by atoms with van der Waals surface area (Å²) < 4.78 is 0. The summed E-state index contributed by atoms with van der Waals surface area (Å²) >= 11 is 0. The number of pyridine rings is 1. The van der Waals surface area contributed by atoms with Crippen LogP contribution in [0.15, 0.2) is 194 Å². The monoisotopic (exact) mass is 677 g/mol. The molecule has 0 bridgehead atoms. The lowest BCUT2D eigenvalue weighted by molar-refractivity contribution is 1.14. The SMILES string of the molecule is c1ccc(N2c3ccccc3B3c4ccccc4N(c4ccncc4)c4c3c2cc2c4N(c3ccccc3)c3ccccc3N2c2ccccc2)cc1. The van der Waals surface area contributed by atoms with Gasteiger partial charge < -0.3 is 19.6 Å². The zero-order chi connectivity index (χ0) is 34.9. The number of anilines is 12. The number of nitrogens with zero attached hydrogens (tertiary/aromatic N) is 5. The topological polar surface area (TPSA) is 25.9 Å². The largest absolute Gasteiger partial charge is 0.311 e. The molecular weight excluding hydrogens is 645 g/mol. The van der Waals surface area contributed by atoms with Gasteiger partial charge in [0.25, 0.3) is 6.71 Å². The minimum absolute atomic E-state index is 0.00396. The number of hydrogen-bond acceptors (Lipinski definition) is 5. The maximum absolute atomic E-state index is 4.47. The second-order valence-corrected chi connectivity index (χ2v) is 13.6. The molecule has 0 spiro atoms. The summed E-state index contributed by atoms with van der Waals surface area (Å²) in [7, 11) is 0. The minimum atomic E-state index is -0.00396. The molecule has 248 valence electrons. The highest BCUT2D eigenvalue weighted by molar-refractivity contribution is 7.00. The van der Waals surface area contributed by atoms with Crippen molar-refractivity contribution in [1.29, 1.82) is 0 Å². The maximum atomic E-state index is 4.47. The van der Waals surface area contributed by atoms with Gasteiger partial charge in [-0.2, -0.15) is 0 Å². The first-order valence-corrected chi connectivity index (χ1v) is 18.1. The van der Waals surface area contributed by atoms with E-state index >= 15 is 0 Å². The molecule has 0 radical (unpaired) electrons. The van der Waals surface area contributed by atoms with Crippen LogP contribution in [0.25, 0.3) is 0 Å². The van der Waals surface area contributed by atoms with Gasteiger partial charge in [-0.05, 0) is 95.3 Å². The smallest absolute Gasteiger partial charge is 0.252 e. The van der Waals surface area contributed by atoms with Crippen molar-refractivity contribution in [3.05, 3.63) is 194 Å². The molecule has 11 rings (SSSR count). The Morgan fingerprint density at radius 2 is 0.717 bits per heavy atom. The zero-order valence-corrected chi connectivity index (χ0v) is 28.8. The van der Waals surface area contributed by atoms with Gasteiger partial charge >= 0.3 is 0 Å². The van der Waals surface area contributed by atoms with Crippen molar-refractivity contribution in [2.24, 2.45) is 0 Å². The van der Waals surface area contributed by atoms with Crippen LogP contribution in [0.2, 0.25) is 0 Å². The van der Waals surface area contributed by atoms with Gasteiger partial charge in [-0.15, -0.1) is 0 Å². The van der Waals surface area contributed by atoms with Crippen molar-refractivity contribution in [3.8, 4) is 0 Å². The normalized spacial score (nSPS) is 13.5. The molecule has 3 aliphatic heterocycles. The fourth-order valence-corrected chi connectivity index (χ4v) is 8.74. The van der Waals surface area contributed by atoms with Crippen molar-refractivity contribution in [3.63, 3.8) is 0 Å². The van der Waals surface area contributed by atoms with Gasteiger partial charge in [-0.3, -0.25) is 4.98 Å². The Bertz CT molecular complexity index is 2640. The van der Waals surface area contributed by atoms with E-state index in [9.17, 15) is 0 Å². The molecule has 6 heteroatoms. The Hall–Kier alpha value is -7.05. The molecule has 0 saturated heterocycles. The van der Waals surface area contributed by atoms with Gasteiger partial charge in [0.15, 0.2) is 0 Å². The summed E-state index contributed by atoms with van der Waals surface area (Å²) in [6.45, 7) is -0.00396. The Balaban J connectivity index is 1.36. The van der Waals surface area contributed by atoms with Gasteiger partial charge in [0.05, 0.1) is 28.4 Å². The Morgan fingerprint density at radius 3 is 1.28 bits per heavy atom. The van der Waals surface area contributed by atoms with E-state index in [1.807, 2.05) is 12.4 Å². The summed E-state index contributed by atoms with van der Waals surface area (Å²) in [6.07, 6.45) is 3.80. The van der Waals surface area contributed by atoms with Crippen LogP contribution in [0.1, 0.15) is 0 Å². The molecule has 3 aliphatic rings. The molecule has 4 heterocycles. The zero-order valence-electron chi connectivity index (χ0n) is 28.8. The summed E-state index contributed by atoms with van der Waals surface area (Å²) in [6, 6.07) is 65.8. The third-order valence-electron chi connectivity index (χ3n) is 10.8. The van der Waals surface area contributed by atoms with Crippen LogP contribution in [0.4, 0.5) is 68.2 Å². The van der Waals surface area contributed by atoms with Crippen molar-refractivity contribution >= 4 is 91.3 Å². The van der Waals surface area contributed by atoms with E-state index in [0.29, 0.717) is 0 Å². The Morgan fingerprint density at radius 1 is 0.321 bits per heavy atom. The van der Waals surface area contributed by atoms with E-state index in [4.69, 9.17) is 0 Å². The van der Waals surface area contributed by atoms with Crippen molar-refractivity contribution in [2.75, 3.05) is 19.6 Å². The van der Waals surface area contributed by atoms with E-state index in [1.54, 1.807) is 0 Å². The number of para-hydroxylation sites is 7. The van der Waals surface area contributed by atoms with Gasteiger partial charge in [0.1, 0.15) is 0 Å². The summed E-state index contributed by atoms with van der Waals surface area (Å²) in [5.74, 6) is 0. The molecule has 0 saturated carbocycles. The first-order valence-electron chi connectivity index (χ1n) is 18.1. The third kappa shape index (κ3) is 4.36. The fourth-order valence-electron chi connectivity index (χ4n) is 8.74. The molecule has 5 nitrogen and oxygen atoms in total. The quantitative estimate of drug-likeness (QED) is 0.173. The standard InChI is InChI=1S/C47H32BN5/c1-4-16-33(17-5-1)50-39-24-12-10-22-37(39)48-38-23-11-13-25-40(38)52(36-28-30-49-31-29-36)47-45(48)43(50)32-44-46(47)53(35-20-8-3-9-21-35)42-27-15-14-26-41(42)51(44)34-18-6-2-7-19-34/h1-32H. The van der Waals surface area contributed by atoms with Crippen LogP contribution in [-0.2, 0) is 0 Å². The van der Waals surface area contributed by atoms with Crippen LogP contribution in [-0.4, -0.2) is 11.7 Å². The van der Waals surface area contributed by atoms with E-state index in [0.717, 1.165) is 62.6 Å². The average molecular weight is 678 g/mol. The molecule has 7 aromatic carbocycles. The van der Waals surface area contributed by atoms with Crippen molar-refractivity contribution in [1.82, 2.24) is 4.98 Å². The highest BCUT2D eigenvalue weighted by Crippen LogP contribution is 2.60. The number of benzene rings is 7. The molecule has 0 unspecified atom stereocenters. The molecule has 53 heavy (non-hydrogen) atoms. The molecule has 0 aliphatic carbocycles. The third-order valence-corrected chi connectivity index (χ3v) is 10.8. The number of rotatable bonds is 4. The van der Waals surface area contributed by atoms with Crippen LogP contribution in [0.5, 0.6) is 0 Å². The van der Waals surface area contributed by atoms with Crippen LogP contribution < -0.4 is 36.0 Å². The predicted octanol–water partition coefficient (Wildman–Crippen LogP) is 10.4. The average Bonchev–Trinajstić information content (AvgIpc) is 3.24. The van der Waals surface area contributed by atoms with Gasteiger partial charge in [0.2, 0.25) is 0 Å². The molecule has 8 aromatic rings. The van der Waals surface area contributed by atoms with Crippen LogP contribution in [0, 0.1) is 0 Å². The highest BCUT2D eigenvalue weighted by atomic mass is 15.3. The molecular formula is C47H32BN5. The molecule has 0 atom stereocenters. The summed E-state index contributed by atoms with van der Waals surface area (Å²) in [5, 5.41) is 0. The molecule has 1 aromatic heterocycles. The molecule has 0 amide bonds. The number of fused-ring (bicyclic) bond motifs is 7. The van der Waals surface area contributed by atoms with Gasteiger partial charge in [0, 0.05) is 52.2 Å². The lowest BCUT2D eigenvalue weighted by Gasteiger charge is -2.49. The van der Waals surface area contributed by atoms with E-state index < -0.39 is 0 Å². The maximum Gasteiger partial charge on any atom is 0.252 e. The first kappa shape index (κ1) is 29.7. The second-order valence-electron chi connectivity index (χ2n) is 13.6. The van der Waals surface area contributed by atoms with Gasteiger partial charge in [-0.25, -0.2) is 0 Å². The van der Waals surface area contributed by atoms with Crippen molar-refractivity contribution in [2.45, 2.75) is 0 Å². The second kappa shape index (κ2) is 11.8. The van der Waals surface area contributed by atoms with Crippen LogP contribution in [0.3, 0.4) is 0 Å². The predicted molar refractivity (Wildman–Crippen MR) is 221 cm³/mol. The summed E-state index contributed by atoms with van der Waals surface area (Å²) in [4.78, 5) is 14.4. The highest BCUT2D eigenvalue weighted by Gasteiger charge is 2.47. The Kier molecular flexibility index (Phi) is 6.58. The summed E-state index contributed by atoms with van der Waals surface area (Å²) in [5.41, 5.74) is 17.4. The van der Waals surface area contributed by atoms with E-state index in [-0.39, 0.29) is 6.71 Å². The van der Waals surface area contributed by atoms with Crippen molar-refractivity contribution < 1.29 is 0 Å². The van der Waals surface area contributed by atoms with Gasteiger partial charge in [-0.1, -0.05) is 103 Å². The number of aromatic nitrogens is 1. The first-order chi connectivity index (χ1) is 26.4. The Labute approximate surface area is 309 Å². The molecule has 0 fully saturated rings. The van der Waals surface area contributed by atoms with E-state index in [2.05, 4.69) is 207 Å². The van der Waals surface area contributed by atoms with Crippen LogP contribution >= 0.6 is 0 Å². The minimum Gasteiger partial charge on any atom is -0.311 e. The molecule has 0 N–H and O–H groups in total. The van der Waals surface area contributed by atoms with E-state index in [1.165, 1.54) is 22.1 Å².